The minimum Gasteiger partial charge on any atom is -0.468 e. The van der Waals surface area contributed by atoms with Gasteiger partial charge in [0.05, 0.1) is 24.0 Å². The molecule has 0 N–H and O–H groups in total. The number of carbonyl (C=O) groups excluding carboxylic acids is 2. The van der Waals surface area contributed by atoms with Crippen LogP contribution in [0.2, 0.25) is 0 Å². The lowest BCUT2D eigenvalue weighted by Gasteiger charge is -2.27. The predicted octanol–water partition coefficient (Wildman–Crippen LogP) is 4.28. The molecule has 2 rings (SSSR count). The van der Waals surface area contributed by atoms with Crippen LogP contribution in [0.5, 0.6) is 0 Å². The minimum atomic E-state index is -4.13. The SMILES string of the molecule is C#CCC(CC(=C=CC(C)(C)c1cccs1)S(=O)(=O)c1ccccc1)(C(=O)OC)C(=O)OC. The number of carbonyl (C=O) groups is 2. The van der Waals surface area contributed by atoms with Gasteiger partial charge >= 0.3 is 11.9 Å². The van der Waals surface area contributed by atoms with Crippen molar-refractivity contribution >= 4 is 33.1 Å². The van der Waals surface area contributed by atoms with Gasteiger partial charge in [0.2, 0.25) is 9.84 Å². The van der Waals surface area contributed by atoms with Crippen LogP contribution in [-0.2, 0) is 34.3 Å². The van der Waals surface area contributed by atoms with Crippen LogP contribution in [0.1, 0.15) is 31.6 Å². The lowest BCUT2D eigenvalue weighted by atomic mass is 9.81. The average molecular weight is 487 g/mol. The first-order valence-corrected chi connectivity index (χ1v) is 12.3. The summed E-state index contributed by atoms with van der Waals surface area (Å²) in [6, 6.07) is 11.5. The van der Waals surface area contributed by atoms with E-state index in [0.717, 1.165) is 19.1 Å². The smallest absolute Gasteiger partial charge is 0.324 e. The van der Waals surface area contributed by atoms with Gasteiger partial charge in [-0.15, -0.1) is 29.4 Å². The van der Waals surface area contributed by atoms with Gasteiger partial charge in [0.25, 0.3) is 0 Å². The summed E-state index contributed by atoms with van der Waals surface area (Å²) in [6.45, 7) is 3.82. The third-order valence-corrected chi connectivity index (χ3v) is 8.16. The zero-order valence-corrected chi connectivity index (χ0v) is 20.6. The van der Waals surface area contributed by atoms with E-state index in [1.807, 2.05) is 31.4 Å². The third kappa shape index (κ3) is 5.63. The molecule has 2 aromatic rings. The van der Waals surface area contributed by atoms with Crippen LogP contribution in [0.15, 0.2) is 69.5 Å². The molecule has 0 spiro atoms. The number of methoxy groups -OCH3 is 2. The van der Waals surface area contributed by atoms with E-state index in [1.165, 1.54) is 23.5 Å². The largest absolute Gasteiger partial charge is 0.468 e. The van der Waals surface area contributed by atoms with Crippen molar-refractivity contribution in [2.24, 2.45) is 5.41 Å². The number of hydrogen-bond donors (Lipinski definition) is 0. The molecule has 0 aliphatic heterocycles. The van der Waals surface area contributed by atoms with Gasteiger partial charge in [0.1, 0.15) is 0 Å². The number of ether oxygens (including phenoxy) is 2. The predicted molar refractivity (Wildman–Crippen MR) is 127 cm³/mol. The van der Waals surface area contributed by atoms with Crippen LogP contribution in [0.25, 0.3) is 0 Å². The molecule has 1 aromatic heterocycles. The first-order chi connectivity index (χ1) is 15.5. The summed E-state index contributed by atoms with van der Waals surface area (Å²) in [7, 11) is -1.94. The Labute approximate surface area is 198 Å². The van der Waals surface area contributed by atoms with Crippen LogP contribution in [0, 0.1) is 17.8 Å². The number of allylic oxidation sites excluding steroid dienone is 1. The Balaban J connectivity index is 2.79. The quantitative estimate of drug-likeness (QED) is 0.228. The van der Waals surface area contributed by atoms with E-state index >= 15 is 0 Å². The van der Waals surface area contributed by atoms with Crippen molar-refractivity contribution in [3.63, 3.8) is 0 Å². The Hall–Kier alpha value is -3.11. The molecule has 0 aliphatic rings. The molecule has 0 atom stereocenters. The number of esters is 2. The fourth-order valence-electron chi connectivity index (χ4n) is 3.22. The zero-order valence-electron chi connectivity index (χ0n) is 19.0. The summed E-state index contributed by atoms with van der Waals surface area (Å²) in [4.78, 5) is 26.2. The fraction of sp³-hybridized carbons (Fsp3) is 0.320. The molecule has 0 aliphatic carbocycles. The first kappa shape index (κ1) is 26.1. The summed E-state index contributed by atoms with van der Waals surface area (Å²) < 4.78 is 36.8. The van der Waals surface area contributed by atoms with Crippen LogP contribution in [-0.4, -0.2) is 34.6 Å². The number of benzene rings is 1. The van der Waals surface area contributed by atoms with Crippen LogP contribution in [0.3, 0.4) is 0 Å². The van der Waals surface area contributed by atoms with E-state index in [9.17, 15) is 18.0 Å². The Morgan fingerprint density at radius 3 is 2.15 bits per heavy atom. The molecule has 0 radical (unpaired) electrons. The van der Waals surface area contributed by atoms with E-state index in [2.05, 4.69) is 11.7 Å². The van der Waals surface area contributed by atoms with Crippen LogP contribution < -0.4 is 0 Å². The molecule has 0 saturated heterocycles. The second-order valence-corrected chi connectivity index (χ2v) is 10.8. The first-order valence-electron chi connectivity index (χ1n) is 9.96. The summed E-state index contributed by atoms with van der Waals surface area (Å²) in [5.41, 5.74) is 0.288. The van der Waals surface area contributed by atoms with Crippen molar-refractivity contribution in [2.45, 2.75) is 37.0 Å². The Morgan fingerprint density at radius 2 is 1.67 bits per heavy atom. The van der Waals surface area contributed by atoms with Crippen molar-refractivity contribution in [1.82, 2.24) is 0 Å². The highest BCUT2D eigenvalue weighted by Crippen LogP contribution is 2.37. The van der Waals surface area contributed by atoms with Crippen molar-refractivity contribution in [1.29, 1.82) is 0 Å². The molecule has 1 aromatic carbocycles. The molecular formula is C25H26O6S2. The standard InChI is InChI=1S/C25H26O6S2/c1-6-15-25(22(26)30-4,23(27)31-5)18-20(33(28,29)19-11-8-7-9-12-19)14-16-24(2,3)21-13-10-17-32-21/h1,7-13,16-17H,15,18H2,2-5H3. The molecule has 6 nitrogen and oxygen atoms in total. The highest BCUT2D eigenvalue weighted by atomic mass is 32.2. The van der Waals surface area contributed by atoms with Crippen LogP contribution in [0.4, 0.5) is 0 Å². The zero-order chi connectivity index (χ0) is 24.7. The second-order valence-electron chi connectivity index (χ2n) is 7.85. The van der Waals surface area contributed by atoms with E-state index in [-0.39, 0.29) is 9.80 Å². The van der Waals surface area contributed by atoms with Crippen LogP contribution >= 0.6 is 11.3 Å². The topological polar surface area (TPSA) is 86.7 Å². The van der Waals surface area contributed by atoms with E-state index < -0.39 is 45.4 Å². The Kier molecular flexibility index (Phi) is 8.45. The summed E-state index contributed by atoms with van der Waals surface area (Å²) in [5, 5.41) is 1.92. The van der Waals surface area contributed by atoms with E-state index in [0.29, 0.717) is 0 Å². The maximum atomic E-state index is 13.6. The van der Waals surface area contributed by atoms with Gasteiger partial charge in [0, 0.05) is 23.1 Å². The van der Waals surface area contributed by atoms with Gasteiger partial charge in [-0.1, -0.05) is 38.1 Å². The molecule has 0 unspecified atom stereocenters. The molecule has 33 heavy (non-hydrogen) atoms. The highest BCUT2D eigenvalue weighted by molar-refractivity contribution is 7.95. The number of terminal acetylenes is 1. The van der Waals surface area contributed by atoms with Gasteiger partial charge in [-0.2, -0.15) is 0 Å². The van der Waals surface area contributed by atoms with Crippen molar-refractivity contribution in [3.8, 4) is 12.3 Å². The number of sulfone groups is 1. The summed E-state index contributed by atoms with van der Waals surface area (Å²) in [5.74, 6) is 0.326. The van der Waals surface area contributed by atoms with Gasteiger partial charge in [-0.3, -0.25) is 9.59 Å². The lowest BCUT2D eigenvalue weighted by molar-refractivity contribution is -0.168. The summed E-state index contributed by atoms with van der Waals surface area (Å²) in [6.07, 6.45) is 6.10. The molecule has 0 amide bonds. The maximum absolute atomic E-state index is 13.6. The van der Waals surface area contributed by atoms with Gasteiger partial charge in [-0.05, 0) is 29.7 Å². The molecular weight excluding hydrogens is 460 g/mol. The molecule has 0 bridgehead atoms. The average Bonchev–Trinajstić information content (AvgIpc) is 3.36. The maximum Gasteiger partial charge on any atom is 0.324 e. The number of thiophene rings is 1. The van der Waals surface area contributed by atoms with Gasteiger partial charge in [0.15, 0.2) is 5.41 Å². The lowest BCUT2D eigenvalue weighted by Crippen LogP contribution is -2.42. The monoisotopic (exact) mass is 486 g/mol. The second kappa shape index (κ2) is 10.7. The minimum absolute atomic E-state index is 0.000769. The Morgan fingerprint density at radius 1 is 1.06 bits per heavy atom. The number of rotatable bonds is 9. The van der Waals surface area contributed by atoms with E-state index in [1.54, 1.807) is 24.3 Å². The van der Waals surface area contributed by atoms with Crippen molar-refractivity contribution in [3.05, 3.63) is 69.4 Å². The molecule has 0 saturated carbocycles. The normalized spacial score (nSPS) is 11.6. The fourth-order valence-corrected chi connectivity index (χ4v) is 5.49. The molecule has 8 heteroatoms. The van der Waals surface area contributed by atoms with Gasteiger partial charge < -0.3 is 9.47 Å². The highest BCUT2D eigenvalue weighted by Gasteiger charge is 2.50. The van der Waals surface area contributed by atoms with Crippen molar-refractivity contribution in [2.75, 3.05) is 14.2 Å². The van der Waals surface area contributed by atoms with Gasteiger partial charge in [-0.25, -0.2) is 8.42 Å². The summed E-state index contributed by atoms with van der Waals surface area (Å²) >= 11 is 1.52. The van der Waals surface area contributed by atoms with E-state index in [4.69, 9.17) is 15.9 Å². The molecule has 1 heterocycles. The molecule has 0 fully saturated rings. The number of hydrogen-bond acceptors (Lipinski definition) is 7. The molecule has 174 valence electrons. The third-order valence-electron chi connectivity index (χ3n) is 5.15. The Bertz CT molecular complexity index is 1180. The van der Waals surface area contributed by atoms with Crippen molar-refractivity contribution < 1.29 is 27.5 Å².